The molecule has 1 amide bonds. The predicted octanol–water partition coefficient (Wildman–Crippen LogP) is 4.17. The Labute approximate surface area is 153 Å². The molecule has 0 bridgehead atoms. The van der Waals surface area contributed by atoms with E-state index in [0.717, 1.165) is 37.1 Å². The van der Waals surface area contributed by atoms with Gasteiger partial charge in [0.2, 0.25) is 0 Å². The highest BCUT2D eigenvalue weighted by atomic mass is 35.5. The number of aromatic nitrogens is 3. The van der Waals surface area contributed by atoms with E-state index in [9.17, 15) is 4.79 Å². The van der Waals surface area contributed by atoms with Gasteiger partial charge in [-0.2, -0.15) is 0 Å². The molecule has 1 aromatic carbocycles. The zero-order chi connectivity index (χ0) is 17.4. The molecule has 6 heteroatoms. The van der Waals surface area contributed by atoms with Crippen molar-refractivity contribution in [3.05, 3.63) is 40.7 Å². The van der Waals surface area contributed by atoms with Gasteiger partial charge in [0.1, 0.15) is 0 Å². The summed E-state index contributed by atoms with van der Waals surface area (Å²) in [7, 11) is 0. The maximum Gasteiger partial charge on any atom is 0.276 e. The maximum absolute atomic E-state index is 13.2. The largest absolute Gasteiger partial charge is 0.331 e. The van der Waals surface area contributed by atoms with E-state index in [1.165, 1.54) is 19.3 Å². The fourth-order valence-electron chi connectivity index (χ4n) is 3.84. The number of nitrogens with zero attached hydrogens (tertiary/aromatic N) is 4. The molecule has 0 aliphatic heterocycles. The molecular formula is C19H23ClN4O. The van der Waals surface area contributed by atoms with Crippen LogP contribution in [0.5, 0.6) is 0 Å². The average Bonchev–Trinajstić information content (AvgIpc) is 3.37. The van der Waals surface area contributed by atoms with Gasteiger partial charge in [0, 0.05) is 17.1 Å². The van der Waals surface area contributed by atoms with Gasteiger partial charge in [-0.3, -0.25) is 4.79 Å². The summed E-state index contributed by atoms with van der Waals surface area (Å²) in [4.78, 5) is 15.4. The smallest absolute Gasteiger partial charge is 0.276 e. The van der Waals surface area contributed by atoms with Crippen LogP contribution in [0.4, 0.5) is 0 Å². The van der Waals surface area contributed by atoms with Gasteiger partial charge < -0.3 is 4.90 Å². The molecule has 0 unspecified atom stereocenters. The van der Waals surface area contributed by atoms with Crippen LogP contribution >= 0.6 is 11.6 Å². The molecule has 2 aliphatic rings. The monoisotopic (exact) mass is 358 g/mol. The van der Waals surface area contributed by atoms with Crippen molar-refractivity contribution in [1.82, 2.24) is 19.9 Å². The van der Waals surface area contributed by atoms with E-state index in [-0.39, 0.29) is 5.91 Å². The SMILES string of the molecule is Cc1c(C(=O)N(C2CCCCC2)C2CC2)nnn1-c1cccc(Cl)c1. The molecular weight excluding hydrogens is 336 g/mol. The van der Waals surface area contributed by atoms with Crippen LogP contribution in [0.15, 0.2) is 24.3 Å². The minimum absolute atomic E-state index is 0.0418. The minimum atomic E-state index is 0.0418. The Morgan fingerprint density at radius 2 is 1.88 bits per heavy atom. The number of halogens is 1. The van der Waals surface area contributed by atoms with E-state index >= 15 is 0 Å². The predicted molar refractivity (Wildman–Crippen MR) is 97.2 cm³/mol. The summed E-state index contributed by atoms with van der Waals surface area (Å²) in [6, 6.07) is 8.20. The second kappa shape index (κ2) is 6.79. The lowest BCUT2D eigenvalue weighted by molar-refractivity contribution is 0.0607. The number of amides is 1. The molecule has 5 nitrogen and oxygen atoms in total. The molecule has 0 atom stereocenters. The van der Waals surface area contributed by atoms with Crippen LogP contribution in [0.25, 0.3) is 5.69 Å². The van der Waals surface area contributed by atoms with Gasteiger partial charge in [0.15, 0.2) is 5.69 Å². The molecule has 4 rings (SSSR count). The summed E-state index contributed by atoms with van der Waals surface area (Å²) in [6.45, 7) is 1.90. The third-order valence-corrected chi connectivity index (χ3v) is 5.53. The van der Waals surface area contributed by atoms with Gasteiger partial charge in [-0.1, -0.05) is 42.1 Å². The van der Waals surface area contributed by atoms with Crippen LogP contribution < -0.4 is 0 Å². The first-order valence-corrected chi connectivity index (χ1v) is 9.54. The van der Waals surface area contributed by atoms with E-state index in [1.807, 2.05) is 31.2 Å². The van der Waals surface area contributed by atoms with Crippen LogP contribution in [-0.2, 0) is 0 Å². The molecule has 1 heterocycles. The van der Waals surface area contributed by atoms with Crippen LogP contribution in [0.3, 0.4) is 0 Å². The molecule has 2 aromatic rings. The van der Waals surface area contributed by atoms with E-state index in [1.54, 1.807) is 4.68 Å². The molecule has 2 saturated carbocycles. The molecule has 2 fully saturated rings. The summed E-state index contributed by atoms with van der Waals surface area (Å²) < 4.78 is 1.70. The zero-order valence-electron chi connectivity index (χ0n) is 14.5. The zero-order valence-corrected chi connectivity index (χ0v) is 15.2. The fraction of sp³-hybridized carbons (Fsp3) is 0.526. The van der Waals surface area contributed by atoms with E-state index < -0.39 is 0 Å². The van der Waals surface area contributed by atoms with Crippen molar-refractivity contribution in [1.29, 1.82) is 0 Å². The fourth-order valence-corrected chi connectivity index (χ4v) is 4.03. The van der Waals surface area contributed by atoms with Crippen molar-refractivity contribution in [2.45, 2.75) is 64.0 Å². The highest BCUT2D eigenvalue weighted by Gasteiger charge is 2.39. The third-order valence-electron chi connectivity index (χ3n) is 5.29. The molecule has 0 N–H and O–H groups in total. The normalized spacial score (nSPS) is 18.3. The van der Waals surface area contributed by atoms with Crippen molar-refractivity contribution >= 4 is 17.5 Å². The molecule has 2 aliphatic carbocycles. The lowest BCUT2D eigenvalue weighted by atomic mass is 9.93. The topological polar surface area (TPSA) is 51.0 Å². The Balaban J connectivity index is 1.63. The van der Waals surface area contributed by atoms with Gasteiger partial charge in [0.25, 0.3) is 5.91 Å². The van der Waals surface area contributed by atoms with Gasteiger partial charge in [-0.25, -0.2) is 4.68 Å². The highest BCUT2D eigenvalue weighted by molar-refractivity contribution is 6.30. The van der Waals surface area contributed by atoms with Crippen LogP contribution in [-0.4, -0.2) is 37.9 Å². The molecule has 0 saturated heterocycles. The van der Waals surface area contributed by atoms with Crippen LogP contribution in [0.1, 0.15) is 61.1 Å². The minimum Gasteiger partial charge on any atom is -0.331 e. The van der Waals surface area contributed by atoms with Gasteiger partial charge >= 0.3 is 0 Å². The molecule has 0 spiro atoms. The Bertz CT molecular complexity index is 777. The van der Waals surface area contributed by atoms with Crippen LogP contribution in [0.2, 0.25) is 5.02 Å². The summed E-state index contributed by atoms with van der Waals surface area (Å²) in [5.41, 5.74) is 2.07. The summed E-state index contributed by atoms with van der Waals surface area (Å²) >= 11 is 6.08. The number of hydrogen-bond donors (Lipinski definition) is 0. The highest BCUT2D eigenvalue weighted by Crippen LogP contribution is 2.35. The Hall–Kier alpha value is -1.88. The van der Waals surface area contributed by atoms with Crippen molar-refractivity contribution in [3.63, 3.8) is 0 Å². The number of hydrogen-bond acceptors (Lipinski definition) is 3. The summed E-state index contributed by atoms with van der Waals surface area (Å²) in [5.74, 6) is 0.0418. The standard InChI is InChI=1S/C19H23ClN4O/c1-13-18(21-22-24(13)17-9-5-6-14(20)12-17)19(25)23(16-10-11-16)15-7-3-2-4-8-15/h5-6,9,12,15-16H,2-4,7-8,10-11H2,1H3. The Morgan fingerprint density at radius 3 is 2.56 bits per heavy atom. The lowest BCUT2D eigenvalue weighted by Crippen LogP contribution is -2.43. The maximum atomic E-state index is 13.2. The van der Waals surface area contributed by atoms with Crippen molar-refractivity contribution in [2.24, 2.45) is 0 Å². The summed E-state index contributed by atoms with van der Waals surface area (Å²) in [6.07, 6.45) is 8.18. The first-order chi connectivity index (χ1) is 12.1. The van der Waals surface area contributed by atoms with Crippen molar-refractivity contribution < 1.29 is 4.79 Å². The van der Waals surface area contributed by atoms with Gasteiger partial charge in [0.05, 0.1) is 11.4 Å². The van der Waals surface area contributed by atoms with Crippen molar-refractivity contribution in [3.8, 4) is 5.69 Å². The van der Waals surface area contributed by atoms with Crippen molar-refractivity contribution in [2.75, 3.05) is 0 Å². The molecule has 25 heavy (non-hydrogen) atoms. The second-order valence-electron chi connectivity index (χ2n) is 7.15. The van der Waals surface area contributed by atoms with Gasteiger partial charge in [-0.15, -0.1) is 5.10 Å². The first-order valence-electron chi connectivity index (χ1n) is 9.16. The van der Waals surface area contributed by atoms with E-state index in [0.29, 0.717) is 22.8 Å². The first kappa shape index (κ1) is 16.6. The number of carbonyl (C=O) groups is 1. The van der Waals surface area contributed by atoms with E-state index in [2.05, 4.69) is 15.2 Å². The van der Waals surface area contributed by atoms with E-state index in [4.69, 9.17) is 11.6 Å². The average molecular weight is 359 g/mol. The Kier molecular flexibility index (Phi) is 4.50. The van der Waals surface area contributed by atoms with Crippen LogP contribution in [0, 0.1) is 6.92 Å². The molecule has 1 aromatic heterocycles. The molecule has 0 radical (unpaired) electrons. The number of rotatable bonds is 4. The number of carbonyl (C=O) groups excluding carboxylic acids is 1. The number of benzene rings is 1. The molecule has 132 valence electrons. The lowest BCUT2D eigenvalue weighted by Gasteiger charge is -2.34. The summed E-state index contributed by atoms with van der Waals surface area (Å²) in [5, 5.41) is 9.08. The van der Waals surface area contributed by atoms with Gasteiger partial charge in [-0.05, 0) is 50.8 Å². The Morgan fingerprint density at radius 1 is 1.16 bits per heavy atom. The second-order valence-corrected chi connectivity index (χ2v) is 7.59. The quantitative estimate of drug-likeness (QED) is 0.824. The third kappa shape index (κ3) is 3.30.